The molecule has 1 aliphatic carbocycles. The van der Waals surface area contributed by atoms with Crippen LogP contribution in [0.15, 0.2) is 0 Å². The van der Waals surface area contributed by atoms with Crippen molar-refractivity contribution in [3.8, 4) is 0 Å². The number of methoxy groups -OCH3 is 1. The van der Waals surface area contributed by atoms with Gasteiger partial charge in [-0.2, -0.15) is 0 Å². The zero-order valence-electron chi connectivity index (χ0n) is 11.2. The summed E-state index contributed by atoms with van der Waals surface area (Å²) in [5, 5.41) is 3.89. The van der Waals surface area contributed by atoms with E-state index in [0.717, 1.165) is 43.0 Å². The molecule has 0 radical (unpaired) electrons. The van der Waals surface area contributed by atoms with Crippen molar-refractivity contribution < 1.29 is 4.74 Å². The molecule has 0 atom stereocenters. The number of hydrogen-bond acceptors (Lipinski definition) is 4. The van der Waals surface area contributed by atoms with Gasteiger partial charge in [-0.3, -0.25) is 0 Å². The molecule has 4 nitrogen and oxygen atoms in total. The Balaban J connectivity index is 2.11. The highest BCUT2D eigenvalue weighted by Gasteiger charge is 2.36. The molecule has 0 saturated heterocycles. The van der Waals surface area contributed by atoms with Crippen molar-refractivity contribution in [1.82, 2.24) is 9.97 Å². The number of anilines is 1. The molecule has 0 aromatic carbocycles. The molecule has 1 fully saturated rings. The molecule has 0 unspecified atom stereocenters. The Hall–Kier alpha value is -0.870. The van der Waals surface area contributed by atoms with Crippen molar-refractivity contribution in [2.75, 3.05) is 19.0 Å². The second kappa shape index (κ2) is 5.41. The highest BCUT2D eigenvalue weighted by Crippen LogP contribution is 2.35. The molecule has 0 amide bonds. The second-order valence-corrected chi connectivity index (χ2v) is 5.21. The summed E-state index contributed by atoms with van der Waals surface area (Å²) in [5.74, 6) is 1.60. The second-order valence-electron chi connectivity index (χ2n) is 4.85. The molecule has 18 heavy (non-hydrogen) atoms. The molecule has 1 N–H and O–H groups in total. The average Bonchev–Trinajstić information content (AvgIpc) is 2.33. The van der Waals surface area contributed by atoms with Crippen LogP contribution >= 0.6 is 11.6 Å². The van der Waals surface area contributed by atoms with Gasteiger partial charge in [-0.05, 0) is 26.2 Å². The Morgan fingerprint density at radius 2 is 2.11 bits per heavy atom. The monoisotopic (exact) mass is 269 g/mol. The van der Waals surface area contributed by atoms with Crippen molar-refractivity contribution in [3.63, 3.8) is 0 Å². The number of halogens is 1. The fourth-order valence-electron chi connectivity index (χ4n) is 2.13. The quantitative estimate of drug-likeness (QED) is 0.835. The van der Waals surface area contributed by atoms with Crippen LogP contribution in [0, 0.1) is 6.92 Å². The number of nitrogens with one attached hydrogen (secondary N) is 1. The van der Waals surface area contributed by atoms with Crippen LogP contribution in [0.4, 0.5) is 5.82 Å². The van der Waals surface area contributed by atoms with E-state index in [4.69, 9.17) is 16.3 Å². The Morgan fingerprint density at radius 1 is 1.39 bits per heavy atom. The molecule has 1 saturated carbocycles. The summed E-state index contributed by atoms with van der Waals surface area (Å²) in [4.78, 5) is 8.72. The fraction of sp³-hybridized carbons (Fsp3) is 0.692. The summed E-state index contributed by atoms with van der Waals surface area (Å²) in [6.07, 6.45) is 4.23. The van der Waals surface area contributed by atoms with Gasteiger partial charge in [0.1, 0.15) is 16.8 Å². The third-order valence-corrected chi connectivity index (χ3v) is 4.09. The lowest BCUT2D eigenvalue weighted by atomic mass is 9.80. The molecule has 1 heterocycles. The number of hydrogen-bond donors (Lipinski definition) is 1. The third-order valence-electron chi connectivity index (χ3n) is 3.72. The molecule has 0 aliphatic heterocycles. The maximum Gasteiger partial charge on any atom is 0.137 e. The number of ether oxygens (including phenoxy) is 1. The Bertz CT molecular complexity index is 427. The molecule has 1 aromatic rings. The fourth-order valence-corrected chi connectivity index (χ4v) is 2.32. The van der Waals surface area contributed by atoms with Gasteiger partial charge in [-0.15, -0.1) is 0 Å². The van der Waals surface area contributed by atoms with Gasteiger partial charge in [0.15, 0.2) is 0 Å². The first-order valence-electron chi connectivity index (χ1n) is 6.42. The summed E-state index contributed by atoms with van der Waals surface area (Å²) in [7, 11) is 1.78. The van der Waals surface area contributed by atoms with Gasteiger partial charge in [-0.25, -0.2) is 9.97 Å². The van der Waals surface area contributed by atoms with Gasteiger partial charge in [-0.1, -0.05) is 18.5 Å². The van der Waals surface area contributed by atoms with Crippen LogP contribution in [0.25, 0.3) is 0 Å². The standard InChI is InChI=1S/C13H20ClN3O/c1-4-10-16-11(14)9(2)12(17-10)15-8-13(18-3)6-5-7-13/h4-8H2,1-3H3,(H,15,16,17). The number of nitrogens with zero attached hydrogens (tertiary/aromatic N) is 2. The summed E-state index contributed by atoms with van der Waals surface area (Å²) in [5.41, 5.74) is 0.885. The Kier molecular flexibility index (Phi) is 4.07. The first-order chi connectivity index (χ1) is 8.60. The first-order valence-corrected chi connectivity index (χ1v) is 6.80. The molecular weight excluding hydrogens is 250 g/mol. The van der Waals surface area contributed by atoms with Gasteiger partial charge < -0.3 is 10.1 Å². The molecule has 2 rings (SSSR count). The number of rotatable bonds is 5. The highest BCUT2D eigenvalue weighted by molar-refractivity contribution is 6.30. The van der Waals surface area contributed by atoms with Crippen molar-refractivity contribution in [1.29, 1.82) is 0 Å². The molecule has 100 valence electrons. The summed E-state index contributed by atoms with van der Waals surface area (Å²) in [6, 6.07) is 0. The summed E-state index contributed by atoms with van der Waals surface area (Å²) in [6.45, 7) is 4.73. The first kappa shape index (κ1) is 13.6. The molecule has 5 heteroatoms. The zero-order chi connectivity index (χ0) is 13.2. The normalized spacial score (nSPS) is 17.3. The van der Waals surface area contributed by atoms with Crippen LogP contribution in [0.3, 0.4) is 0 Å². The van der Waals surface area contributed by atoms with E-state index >= 15 is 0 Å². The molecule has 0 spiro atoms. The average molecular weight is 270 g/mol. The van der Waals surface area contributed by atoms with Crippen molar-refractivity contribution in [2.45, 2.75) is 45.1 Å². The number of aromatic nitrogens is 2. The van der Waals surface area contributed by atoms with E-state index in [1.165, 1.54) is 6.42 Å². The number of aryl methyl sites for hydroxylation is 1. The summed E-state index contributed by atoms with van der Waals surface area (Å²) < 4.78 is 5.58. The van der Waals surface area contributed by atoms with Gasteiger partial charge in [0.05, 0.1) is 5.60 Å². The highest BCUT2D eigenvalue weighted by atomic mass is 35.5. The zero-order valence-corrected chi connectivity index (χ0v) is 12.0. The molecular formula is C13H20ClN3O. The van der Waals surface area contributed by atoms with Crippen molar-refractivity contribution in [2.24, 2.45) is 0 Å². The van der Waals surface area contributed by atoms with Crippen LogP contribution in [0.2, 0.25) is 5.15 Å². The molecule has 1 aromatic heterocycles. The van der Waals surface area contributed by atoms with Gasteiger partial charge in [0, 0.05) is 25.6 Å². The minimum Gasteiger partial charge on any atom is -0.376 e. The van der Waals surface area contributed by atoms with Crippen molar-refractivity contribution >= 4 is 17.4 Å². The smallest absolute Gasteiger partial charge is 0.137 e. The van der Waals surface area contributed by atoms with Gasteiger partial charge in [0.25, 0.3) is 0 Å². The van der Waals surface area contributed by atoms with E-state index in [1.54, 1.807) is 7.11 Å². The van der Waals surface area contributed by atoms with E-state index in [0.29, 0.717) is 5.15 Å². The van der Waals surface area contributed by atoms with E-state index in [2.05, 4.69) is 15.3 Å². The van der Waals surface area contributed by atoms with E-state index < -0.39 is 0 Å². The minimum atomic E-state index is -0.0176. The van der Waals surface area contributed by atoms with E-state index in [-0.39, 0.29) is 5.60 Å². The topological polar surface area (TPSA) is 47.0 Å². The lowest BCUT2D eigenvalue weighted by Gasteiger charge is -2.40. The molecule has 1 aliphatic rings. The lowest BCUT2D eigenvalue weighted by molar-refractivity contribution is -0.0601. The lowest BCUT2D eigenvalue weighted by Crippen LogP contribution is -2.45. The molecule has 0 bridgehead atoms. The van der Waals surface area contributed by atoms with Crippen LogP contribution in [0.5, 0.6) is 0 Å². The van der Waals surface area contributed by atoms with Gasteiger partial charge in [0.2, 0.25) is 0 Å². The Morgan fingerprint density at radius 3 is 2.61 bits per heavy atom. The Labute approximate surface area is 113 Å². The maximum absolute atomic E-state index is 6.11. The largest absolute Gasteiger partial charge is 0.376 e. The van der Waals surface area contributed by atoms with Crippen LogP contribution in [-0.2, 0) is 11.2 Å². The third kappa shape index (κ3) is 2.59. The van der Waals surface area contributed by atoms with Crippen LogP contribution in [0.1, 0.15) is 37.6 Å². The SMILES string of the molecule is CCc1nc(Cl)c(C)c(NCC2(OC)CCC2)n1. The van der Waals surface area contributed by atoms with E-state index in [9.17, 15) is 0 Å². The van der Waals surface area contributed by atoms with Gasteiger partial charge >= 0.3 is 0 Å². The summed E-state index contributed by atoms with van der Waals surface area (Å²) >= 11 is 6.11. The van der Waals surface area contributed by atoms with E-state index in [1.807, 2.05) is 13.8 Å². The van der Waals surface area contributed by atoms with Crippen LogP contribution in [-0.4, -0.2) is 29.2 Å². The predicted octanol–water partition coefficient (Wildman–Crippen LogP) is 2.98. The van der Waals surface area contributed by atoms with Crippen molar-refractivity contribution in [3.05, 3.63) is 16.5 Å². The van der Waals surface area contributed by atoms with Crippen LogP contribution < -0.4 is 5.32 Å². The maximum atomic E-state index is 6.11. The predicted molar refractivity (Wildman–Crippen MR) is 73.2 cm³/mol. The minimum absolute atomic E-state index is 0.0176.